The molecule has 8 nitrogen and oxygen atoms in total. The Morgan fingerprint density at radius 1 is 1.06 bits per heavy atom. The maximum atomic E-state index is 13.2. The number of β-amino-alcohol motifs (C(OH)–C–C–N with tert-alkyl or cyclic N) is 1. The van der Waals surface area contributed by atoms with Crippen molar-refractivity contribution in [3.05, 3.63) is 66.0 Å². The number of ether oxygens (including phenoxy) is 2. The minimum atomic E-state index is -0.831. The predicted octanol–water partition coefficient (Wildman–Crippen LogP) is 2.72. The van der Waals surface area contributed by atoms with E-state index in [1.807, 2.05) is 30.3 Å². The molecular formula is C26H32FN3O5. The van der Waals surface area contributed by atoms with Crippen molar-refractivity contribution in [1.82, 2.24) is 10.2 Å². The van der Waals surface area contributed by atoms with Crippen LogP contribution in [0.2, 0.25) is 0 Å². The van der Waals surface area contributed by atoms with Gasteiger partial charge in [0.15, 0.2) is 0 Å². The third-order valence-corrected chi connectivity index (χ3v) is 6.33. The maximum absolute atomic E-state index is 13.2. The van der Waals surface area contributed by atoms with E-state index in [1.54, 1.807) is 4.90 Å². The molecular weight excluding hydrogens is 453 g/mol. The molecule has 4 rings (SSSR count). The van der Waals surface area contributed by atoms with E-state index in [0.29, 0.717) is 25.1 Å². The molecule has 4 atom stereocenters. The number of halogens is 1. The van der Waals surface area contributed by atoms with Crippen LogP contribution in [-0.2, 0) is 20.7 Å². The molecule has 0 spiro atoms. The Kier molecular flexibility index (Phi) is 8.68. The van der Waals surface area contributed by atoms with Crippen molar-refractivity contribution in [2.45, 2.75) is 50.0 Å². The van der Waals surface area contributed by atoms with E-state index in [0.717, 1.165) is 12.0 Å². The Morgan fingerprint density at radius 2 is 1.83 bits per heavy atom. The molecule has 188 valence electrons. The molecule has 2 aromatic rings. The number of carbonyl (C=O) groups excluding carboxylic acids is 2. The zero-order chi connectivity index (χ0) is 24.6. The average Bonchev–Trinajstić information content (AvgIpc) is 2.84. The number of hydrogen-bond acceptors (Lipinski definition) is 5. The van der Waals surface area contributed by atoms with Gasteiger partial charge >= 0.3 is 6.03 Å². The largest absolute Gasteiger partial charge is 0.389 e. The zero-order valence-electron chi connectivity index (χ0n) is 19.6. The van der Waals surface area contributed by atoms with Gasteiger partial charge in [-0.25, -0.2) is 9.18 Å². The number of aliphatic hydroxyl groups excluding tert-OH is 1. The van der Waals surface area contributed by atoms with Gasteiger partial charge in [-0.1, -0.05) is 30.3 Å². The minimum Gasteiger partial charge on any atom is -0.389 e. The van der Waals surface area contributed by atoms with Gasteiger partial charge in [0.1, 0.15) is 11.9 Å². The lowest BCUT2D eigenvalue weighted by molar-refractivity contribution is -0.149. The molecule has 2 aromatic carbocycles. The Balaban J connectivity index is 1.32. The summed E-state index contributed by atoms with van der Waals surface area (Å²) in [5.74, 6) is -0.463. The molecule has 2 fully saturated rings. The van der Waals surface area contributed by atoms with E-state index < -0.39 is 24.1 Å². The van der Waals surface area contributed by atoms with E-state index >= 15 is 0 Å². The summed E-state index contributed by atoms with van der Waals surface area (Å²) in [6, 6.07) is 14.8. The molecule has 0 saturated carbocycles. The molecule has 9 heteroatoms. The lowest BCUT2D eigenvalue weighted by atomic mass is 9.95. The van der Waals surface area contributed by atoms with Crippen LogP contribution in [0.3, 0.4) is 0 Å². The van der Waals surface area contributed by atoms with Crippen LogP contribution in [0.1, 0.15) is 24.8 Å². The number of nitrogens with zero attached hydrogens (tertiary/aromatic N) is 1. The Labute approximate surface area is 204 Å². The standard InChI is InChI=1S/C26H32FN3O5/c27-19-6-8-20(9-7-19)29-26(33)30-15-21(31)16-34-17-24-23(30)11-10-22(35-24)14-25(32)28-13-12-18-4-2-1-3-5-18/h1-9,21-24,31H,10-17H2,(H,28,32)(H,29,33)/t21-,22-,23+,24-/m0/s1. The summed E-state index contributed by atoms with van der Waals surface area (Å²) in [7, 11) is 0. The lowest BCUT2D eigenvalue weighted by Crippen LogP contribution is -2.58. The van der Waals surface area contributed by atoms with Crippen LogP contribution in [0.15, 0.2) is 54.6 Å². The maximum Gasteiger partial charge on any atom is 0.322 e. The Bertz CT molecular complexity index is 975. The predicted molar refractivity (Wildman–Crippen MR) is 128 cm³/mol. The smallest absolute Gasteiger partial charge is 0.322 e. The van der Waals surface area contributed by atoms with Crippen LogP contribution in [0.4, 0.5) is 14.9 Å². The second kappa shape index (κ2) is 12.1. The number of carbonyl (C=O) groups is 2. The Morgan fingerprint density at radius 3 is 2.60 bits per heavy atom. The molecule has 2 saturated heterocycles. The summed E-state index contributed by atoms with van der Waals surface area (Å²) in [5.41, 5.74) is 1.62. The number of urea groups is 1. The molecule has 2 aliphatic rings. The van der Waals surface area contributed by atoms with E-state index in [-0.39, 0.29) is 44.2 Å². The van der Waals surface area contributed by atoms with Crippen LogP contribution in [0.25, 0.3) is 0 Å². The molecule has 35 heavy (non-hydrogen) atoms. The first-order valence-corrected chi connectivity index (χ1v) is 12.0. The number of rotatable bonds is 6. The normalized spacial score (nSPS) is 24.6. The number of amides is 3. The highest BCUT2D eigenvalue weighted by Gasteiger charge is 2.40. The molecule has 0 bridgehead atoms. The SMILES string of the molecule is O=C(C[C@@H]1CC[C@@H]2[C@H](COC[C@@H](O)CN2C(=O)Nc2ccc(F)cc2)O1)NCCc1ccccc1. The van der Waals surface area contributed by atoms with Crippen LogP contribution in [0.5, 0.6) is 0 Å². The van der Waals surface area contributed by atoms with Gasteiger partial charge in [-0.2, -0.15) is 0 Å². The molecule has 0 radical (unpaired) electrons. The fourth-order valence-electron chi connectivity index (χ4n) is 4.57. The number of anilines is 1. The minimum absolute atomic E-state index is 0.0718. The highest BCUT2D eigenvalue weighted by molar-refractivity contribution is 5.89. The van der Waals surface area contributed by atoms with Gasteiger partial charge in [0, 0.05) is 12.2 Å². The number of fused-ring (bicyclic) bond motifs is 1. The van der Waals surface area contributed by atoms with Gasteiger partial charge in [-0.3, -0.25) is 4.79 Å². The summed E-state index contributed by atoms with van der Waals surface area (Å²) in [6.07, 6.45) is 0.686. The van der Waals surface area contributed by atoms with Crippen molar-refractivity contribution in [2.24, 2.45) is 0 Å². The number of nitrogens with one attached hydrogen (secondary N) is 2. The van der Waals surface area contributed by atoms with Crippen LogP contribution in [0, 0.1) is 5.82 Å². The topological polar surface area (TPSA) is 100 Å². The quantitative estimate of drug-likeness (QED) is 0.584. The molecule has 3 amide bonds. The number of aliphatic hydroxyl groups is 1. The Hall–Kier alpha value is -3.01. The molecule has 2 aliphatic heterocycles. The third-order valence-electron chi connectivity index (χ3n) is 6.33. The van der Waals surface area contributed by atoms with Crippen molar-refractivity contribution in [3.8, 4) is 0 Å². The van der Waals surface area contributed by atoms with Gasteiger partial charge in [-0.15, -0.1) is 0 Å². The van der Waals surface area contributed by atoms with Crippen molar-refractivity contribution in [3.63, 3.8) is 0 Å². The second-order valence-electron chi connectivity index (χ2n) is 9.01. The fraction of sp³-hybridized carbons (Fsp3) is 0.462. The molecule has 0 aromatic heterocycles. The van der Waals surface area contributed by atoms with Gasteiger partial charge in [0.25, 0.3) is 0 Å². The first kappa shape index (κ1) is 25.1. The molecule has 0 aliphatic carbocycles. The second-order valence-corrected chi connectivity index (χ2v) is 9.01. The lowest BCUT2D eigenvalue weighted by Gasteiger charge is -2.44. The number of hydrogen-bond donors (Lipinski definition) is 3. The van der Waals surface area contributed by atoms with E-state index in [4.69, 9.17) is 9.47 Å². The van der Waals surface area contributed by atoms with E-state index in [2.05, 4.69) is 10.6 Å². The van der Waals surface area contributed by atoms with Gasteiger partial charge in [-0.05, 0) is 49.1 Å². The first-order chi connectivity index (χ1) is 17.0. The van der Waals surface area contributed by atoms with Crippen molar-refractivity contribution >= 4 is 17.6 Å². The summed E-state index contributed by atoms with van der Waals surface area (Å²) in [6.45, 7) is 0.938. The average molecular weight is 486 g/mol. The monoisotopic (exact) mass is 485 g/mol. The highest BCUT2D eigenvalue weighted by Crippen LogP contribution is 2.28. The zero-order valence-corrected chi connectivity index (χ0v) is 19.6. The molecule has 2 heterocycles. The molecule has 0 unspecified atom stereocenters. The van der Waals surface area contributed by atoms with Crippen molar-refractivity contribution < 1.29 is 28.6 Å². The fourth-order valence-corrected chi connectivity index (χ4v) is 4.57. The first-order valence-electron chi connectivity index (χ1n) is 12.0. The summed E-state index contributed by atoms with van der Waals surface area (Å²) >= 11 is 0. The van der Waals surface area contributed by atoms with Gasteiger partial charge < -0.3 is 30.1 Å². The van der Waals surface area contributed by atoms with Crippen LogP contribution < -0.4 is 10.6 Å². The van der Waals surface area contributed by atoms with Crippen molar-refractivity contribution in [1.29, 1.82) is 0 Å². The summed E-state index contributed by atoms with van der Waals surface area (Å²) in [4.78, 5) is 27.1. The summed E-state index contributed by atoms with van der Waals surface area (Å²) < 4.78 is 25.0. The van der Waals surface area contributed by atoms with Gasteiger partial charge in [0.05, 0.1) is 44.4 Å². The van der Waals surface area contributed by atoms with Crippen LogP contribution >= 0.6 is 0 Å². The number of benzene rings is 2. The van der Waals surface area contributed by atoms with Crippen molar-refractivity contribution in [2.75, 3.05) is 31.6 Å². The third kappa shape index (κ3) is 7.24. The highest BCUT2D eigenvalue weighted by atomic mass is 19.1. The van der Waals surface area contributed by atoms with E-state index in [1.165, 1.54) is 24.3 Å². The van der Waals surface area contributed by atoms with Gasteiger partial charge in [0.2, 0.25) is 5.91 Å². The molecule has 3 N–H and O–H groups in total. The van der Waals surface area contributed by atoms with E-state index in [9.17, 15) is 19.1 Å². The van der Waals surface area contributed by atoms with Crippen LogP contribution in [-0.4, -0.2) is 72.6 Å². The summed E-state index contributed by atoms with van der Waals surface area (Å²) in [5, 5.41) is 16.0.